The molecule has 1 aliphatic rings. The Labute approximate surface area is 138 Å². The Hall–Kier alpha value is -2.04. The van der Waals surface area contributed by atoms with Crippen LogP contribution in [0, 0.1) is 11.8 Å². The molecule has 1 aromatic rings. The highest BCUT2D eigenvalue weighted by atomic mass is 16.5. The topological polar surface area (TPSA) is 58.6 Å². The number of methoxy groups -OCH3 is 1. The minimum absolute atomic E-state index is 0.0267. The first-order valence-electron chi connectivity index (χ1n) is 8.11. The highest BCUT2D eigenvalue weighted by molar-refractivity contribution is 5.84. The molecule has 2 rings (SSSR count). The van der Waals surface area contributed by atoms with Gasteiger partial charge in [0.2, 0.25) is 11.8 Å². The number of carbonyl (C=O) groups excluding carboxylic acids is 2. The average molecular weight is 318 g/mol. The first-order valence-corrected chi connectivity index (χ1v) is 8.11. The first kappa shape index (κ1) is 17.3. The van der Waals surface area contributed by atoms with Gasteiger partial charge in [0.1, 0.15) is 5.75 Å². The second kappa shape index (κ2) is 7.49. The Balaban J connectivity index is 2.23. The molecule has 0 unspecified atom stereocenters. The smallest absolute Gasteiger partial charge is 0.225 e. The normalized spacial score (nSPS) is 21.4. The monoisotopic (exact) mass is 318 g/mol. The van der Waals surface area contributed by atoms with Gasteiger partial charge >= 0.3 is 0 Å². The summed E-state index contributed by atoms with van der Waals surface area (Å²) in [7, 11) is 3.40. The fourth-order valence-corrected chi connectivity index (χ4v) is 3.01. The minimum atomic E-state index is -0.227. The Morgan fingerprint density at radius 1 is 1.35 bits per heavy atom. The average Bonchev–Trinajstić information content (AvgIpc) is 2.55. The third kappa shape index (κ3) is 4.03. The molecule has 1 aliphatic heterocycles. The van der Waals surface area contributed by atoms with Crippen LogP contribution in [-0.4, -0.2) is 37.4 Å². The molecule has 0 aromatic heterocycles. The third-order valence-corrected chi connectivity index (χ3v) is 4.34. The largest absolute Gasteiger partial charge is 0.497 e. The maximum Gasteiger partial charge on any atom is 0.225 e. The highest BCUT2D eigenvalue weighted by Crippen LogP contribution is 2.36. The van der Waals surface area contributed by atoms with Crippen molar-refractivity contribution < 1.29 is 14.3 Å². The lowest BCUT2D eigenvalue weighted by atomic mass is 9.84. The summed E-state index contributed by atoms with van der Waals surface area (Å²) in [5.41, 5.74) is 0.964. The maximum atomic E-state index is 12.6. The molecule has 1 fully saturated rings. The van der Waals surface area contributed by atoms with Crippen LogP contribution in [0.1, 0.15) is 38.3 Å². The maximum absolute atomic E-state index is 12.6. The molecule has 5 nitrogen and oxygen atoms in total. The predicted octanol–water partition coefficient (Wildman–Crippen LogP) is 2.38. The van der Waals surface area contributed by atoms with Gasteiger partial charge in [-0.05, 0) is 30.0 Å². The van der Waals surface area contributed by atoms with Crippen LogP contribution in [0.15, 0.2) is 24.3 Å². The molecule has 1 saturated heterocycles. The van der Waals surface area contributed by atoms with Crippen LogP contribution >= 0.6 is 0 Å². The number of hydrogen-bond donors (Lipinski definition) is 1. The molecule has 0 spiro atoms. The van der Waals surface area contributed by atoms with Crippen molar-refractivity contribution in [3.8, 4) is 5.75 Å². The zero-order valence-electron chi connectivity index (χ0n) is 14.3. The summed E-state index contributed by atoms with van der Waals surface area (Å²) in [5, 5.41) is 3.01. The van der Waals surface area contributed by atoms with Gasteiger partial charge in [-0.25, -0.2) is 0 Å². The Morgan fingerprint density at radius 2 is 2.00 bits per heavy atom. The Morgan fingerprint density at radius 3 is 2.57 bits per heavy atom. The van der Waals surface area contributed by atoms with Crippen LogP contribution in [0.2, 0.25) is 0 Å². The van der Waals surface area contributed by atoms with E-state index >= 15 is 0 Å². The molecule has 2 amide bonds. The predicted molar refractivity (Wildman–Crippen MR) is 89.1 cm³/mol. The number of nitrogens with zero attached hydrogens (tertiary/aromatic N) is 1. The van der Waals surface area contributed by atoms with Crippen molar-refractivity contribution >= 4 is 11.8 Å². The quantitative estimate of drug-likeness (QED) is 0.907. The number of rotatable bonds is 5. The van der Waals surface area contributed by atoms with Gasteiger partial charge in [-0.15, -0.1) is 0 Å². The number of benzene rings is 1. The van der Waals surface area contributed by atoms with E-state index in [1.807, 2.05) is 24.3 Å². The van der Waals surface area contributed by atoms with Gasteiger partial charge in [0, 0.05) is 20.0 Å². The summed E-state index contributed by atoms with van der Waals surface area (Å²) < 4.78 is 5.18. The Bertz CT molecular complexity index is 554. The van der Waals surface area contributed by atoms with Gasteiger partial charge in [0.05, 0.1) is 19.1 Å². The SMILES string of the molecule is COc1ccc([C@@H]2[C@@H](C(=O)NCC(C)C)CCC(=O)N2C)cc1. The fraction of sp³-hybridized carbons (Fsp3) is 0.556. The van der Waals surface area contributed by atoms with Crippen molar-refractivity contribution in [2.45, 2.75) is 32.7 Å². The highest BCUT2D eigenvalue weighted by Gasteiger charge is 2.38. The van der Waals surface area contributed by atoms with Crippen LogP contribution in [0.5, 0.6) is 5.75 Å². The lowest BCUT2D eigenvalue weighted by Gasteiger charge is -2.38. The molecule has 1 N–H and O–H groups in total. The number of carbonyl (C=O) groups is 2. The molecule has 1 aromatic carbocycles. The van der Waals surface area contributed by atoms with E-state index < -0.39 is 0 Å². The van der Waals surface area contributed by atoms with Crippen molar-refractivity contribution in [1.82, 2.24) is 10.2 Å². The van der Waals surface area contributed by atoms with Crippen LogP contribution < -0.4 is 10.1 Å². The van der Waals surface area contributed by atoms with E-state index in [0.29, 0.717) is 25.3 Å². The molecule has 0 aliphatic carbocycles. The molecule has 2 atom stereocenters. The number of hydrogen-bond acceptors (Lipinski definition) is 3. The molecule has 5 heteroatoms. The van der Waals surface area contributed by atoms with Crippen LogP contribution in [0.4, 0.5) is 0 Å². The van der Waals surface area contributed by atoms with E-state index in [9.17, 15) is 9.59 Å². The fourth-order valence-electron chi connectivity index (χ4n) is 3.01. The second-order valence-corrected chi connectivity index (χ2v) is 6.51. The van der Waals surface area contributed by atoms with Crippen molar-refractivity contribution in [3.63, 3.8) is 0 Å². The number of piperidine rings is 1. The van der Waals surface area contributed by atoms with E-state index in [1.54, 1.807) is 19.1 Å². The minimum Gasteiger partial charge on any atom is -0.497 e. The summed E-state index contributed by atoms with van der Waals surface area (Å²) in [6.07, 6.45) is 1.01. The lowest BCUT2D eigenvalue weighted by Crippen LogP contribution is -2.46. The molecule has 0 radical (unpaired) electrons. The van der Waals surface area contributed by atoms with E-state index in [4.69, 9.17) is 4.74 Å². The molecule has 23 heavy (non-hydrogen) atoms. The zero-order chi connectivity index (χ0) is 17.0. The van der Waals surface area contributed by atoms with Gasteiger partial charge in [-0.3, -0.25) is 9.59 Å². The molecular weight excluding hydrogens is 292 g/mol. The number of ether oxygens (including phenoxy) is 1. The first-order chi connectivity index (χ1) is 10.9. The van der Waals surface area contributed by atoms with Crippen molar-refractivity contribution in [2.24, 2.45) is 11.8 Å². The summed E-state index contributed by atoms with van der Waals surface area (Å²) in [5.74, 6) is 1.06. The van der Waals surface area contributed by atoms with E-state index in [-0.39, 0.29) is 23.8 Å². The summed E-state index contributed by atoms with van der Waals surface area (Å²) >= 11 is 0. The van der Waals surface area contributed by atoms with Crippen LogP contribution in [-0.2, 0) is 9.59 Å². The zero-order valence-corrected chi connectivity index (χ0v) is 14.3. The molecule has 0 saturated carbocycles. The summed E-state index contributed by atoms with van der Waals surface area (Å²) in [6.45, 7) is 4.79. The van der Waals surface area contributed by atoms with Gasteiger partial charge in [-0.1, -0.05) is 26.0 Å². The van der Waals surface area contributed by atoms with Crippen molar-refractivity contribution in [3.05, 3.63) is 29.8 Å². The van der Waals surface area contributed by atoms with Crippen LogP contribution in [0.25, 0.3) is 0 Å². The van der Waals surface area contributed by atoms with Gasteiger partial charge in [-0.2, -0.15) is 0 Å². The number of amides is 2. The lowest BCUT2D eigenvalue weighted by molar-refractivity contribution is -0.141. The van der Waals surface area contributed by atoms with Crippen molar-refractivity contribution in [2.75, 3.05) is 20.7 Å². The number of likely N-dealkylation sites (tertiary alicyclic amines) is 1. The van der Waals surface area contributed by atoms with Gasteiger partial charge in [0.25, 0.3) is 0 Å². The van der Waals surface area contributed by atoms with E-state index in [0.717, 1.165) is 11.3 Å². The van der Waals surface area contributed by atoms with E-state index in [2.05, 4.69) is 19.2 Å². The van der Waals surface area contributed by atoms with E-state index in [1.165, 1.54) is 0 Å². The molecule has 1 heterocycles. The van der Waals surface area contributed by atoms with Crippen LogP contribution in [0.3, 0.4) is 0 Å². The molecular formula is C18H26N2O3. The Kier molecular flexibility index (Phi) is 5.64. The van der Waals surface area contributed by atoms with Gasteiger partial charge < -0.3 is 15.0 Å². The molecule has 126 valence electrons. The van der Waals surface area contributed by atoms with Crippen molar-refractivity contribution in [1.29, 1.82) is 0 Å². The van der Waals surface area contributed by atoms with Gasteiger partial charge in [0.15, 0.2) is 0 Å². The summed E-state index contributed by atoms with van der Waals surface area (Å²) in [4.78, 5) is 26.4. The third-order valence-electron chi connectivity index (χ3n) is 4.34. The molecule has 0 bridgehead atoms. The summed E-state index contributed by atoms with van der Waals surface area (Å²) in [6, 6.07) is 7.37. The second-order valence-electron chi connectivity index (χ2n) is 6.51. The standard InChI is InChI=1S/C18H26N2O3/c1-12(2)11-19-18(22)15-9-10-16(21)20(3)17(15)13-5-7-14(23-4)8-6-13/h5-8,12,15,17H,9-11H2,1-4H3,(H,19,22)/t15-,17+/m0/s1. The number of nitrogens with one attached hydrogen (secondary N) is 1.